The predicted molar refractivity (Wildman–Crippen MR) is 64.9 cm³/mol. The van der Waals surface area contributed by atoms with Crippen molar-refractivity contribution in [1.29, 1.82) is 0 Å². The van der Waals surface area contributed by atoms with Crippen LogP contribution in [0.3, 0.4) is 0 Å². The van der Waals surface area contributed by atoms with E-state index in [1.807, 2.05) is 0 Å². The van der Waals surface area contributed by atoms with Crippen LogP contribution in [0.1, 0.15) is 0 Å². The Bertz CT molecular complexity index is 674. The summed E-state index contributed by atoms with van der Waals surface area (Å²) in [7, 11) is -3.40. The highest BCUT2D eigenvalue weighted by Gasteiger charge is 2.13. The second kappa shape index (κ2) is 4.49. The van der Waals surface area contributed by atoms with Crippen LogP contribution in [0.2, 0.25) is 0 Å². The Morgan fingerprint density at radius 3 is 2.06 bits per heavy atom. The summed E-state index contributed by atoms with van der Waals surface area (Å²) in [4.78, 5) is 0.0302. The molecule has 0 unspecified atom stereocenters. The highest BCUT2D eigenvalue weighted by Crippen LogP contribution is 2.27. The van der Waals surface area contributed by atoms with Crippen LogP contribution in [-0.4, -0.2) is 14.7 Å². The lowest BCUT2D eigenvalue weighted by Crippen LogP contribution is -1.98. The summed E-state index contributed by atoms with van der Waals surface area (Å²) in [6.07, 6.45) is 1.05. The fourth-order valence-corrected chi connectivity index (χ4v) is 2.32. The quantitative estimate of drug-likeness (QED) is 0.839. The highest BCUT2D eigenvalue weighted by atomic mass is 32.2. The summed E-state index contributed by atoms with van der Waals surface area (Å²) in [5.74, 6) is -1.44. The molecule has 0 aromatic heterocycles. The first-order chi connectivity index (χ1) is 8.39. The second-order valence-electron chi connectivity index (χ2n) is 3.90. The summed E-state index contributed by atoms with van der Waals surface area (Å²) in [6, 6.07) is 9.09. The molecule has 0 aliphatic heterocycles. The highest BCUT2D eigenvalue weighted by molar-refractivity contribution is 7.90. The van der Waals surface area contributed by atoms with E-state index >= 15 is 0 Å². The van der Waals surface area contributed by atoms with Crippen molar-refractivity contribution in [3.05, 3.63) is 54.1 Å². The third kappa shape index (κ3) is 2.41. The van der Waals surface area contributed by atoms with Crippen molar-refractivity contribution >= 4 is 9.84 Å². The molecule has 0 N–H and O–H groups in total. The minimum atomic E-state index is -3.40. The molecule has 2 aromatic rings. The number of hydrogen-bond acceptors (Lipinski definition) is 2. The first kappa shape index (κ1) is 12.7. The van der Waals surface area contributed by atoms with Gasteiger partial charge >= 0.3 is 0 Å². The van der Waals surface area contributed by atoms with Gasteiger partial charge < -0.3 is 0 Å². The molecule has 0 aliphatic rings. The molecule has 0 saturated carbocycles. The Morgan fingerprint density at radius 2 is 1.50 bits per heavy atom. The van der Waals surface area contributed by atoms with E-state index in [9.17, 15) is 17.2 Å². The van der Waals surface area contributed by atoms with Crippen molar-refractivity contribution in [2.75, 3.05) is 6.26 Å². The SMILES string of the molecule is CS(=O)(=O)c1cccc(-c2c(F)cccc2F)c1. The van der Waals surface area contributed by atoms with Crippen LogP contribution in [0.4, 0.5) is 8.78 Å². The van der Waals surface area contributed by atoms with Crippen LogP contribution in [0.25, 0.3) is 11.1 Å². The Hall–Kier alpha value is -1.75. The number of halogens is 2. The van der Waals surface area contributed by atoms with Crippen LogP contribution in [-0.2, 0) is 9.84 Å². The molecule has 18 heavy (non-hydrogen) atoms. The zero-order chi connectivity index (χ0) is 13.3. The third-order valence-electron chi connectivity index (χ3n) is 2.51. The van der Waals surface area contributed by atoms with Gasteiger partial charge in [-0.3, -0.25) is 0 Å². The fraction of sp³-hybridized carbons (Fsp3) is 0.0769. The number of hydrogen-bond donors (Lipinski definition) is 0. The molecule has 0 amide bonds. The van der Waals surface area contributed by atoms with Crippen molar-refractivity contribution in [2.24, 2.45) is 0 Å². The van der Waals surface area contributed by atoms with Gasteiger partial charge in [-0.15, -0.1) is 0 Å². The zero-order valence-corrected chi connectivity index (χ0v) is 10.3. The normalized spacial score (nSPS) is 11.5. The van der Waals surface area contributed by atoms with Gasteiger partial charge in [0, 0.05) is 6.26 Å². The average Bonchev–Trinajstić information content (AvgIpc) is 2.28. The maximum Gasteiger partial charge on any atom is 0.175 e. The number of rotatable bonds is 2. The van der Waals surface area contributed by atoms with Crippen molar-refractivity contribution in [3.63, 3.8) is 0 Å². The first-order valence-electron chi connectivity index (χ1n) is 5.14. The maximum absolute atomic E-state index is 13.6. The van der Waals surface area contributed by atoms with Crippen molar-refractivity contribution in [1.82, 2.24) is 0 Å². The Labute approximate surface area is 104 Å². The summed E-state index contributed by atoms with van der Waals surface area (Å²) >= 11 is 0. The van der Waals surface area contributed by atoms with E-state index in [2.05, 4.69) is 0 Å². The topological polar surface area (TPSA) is 34.1 Å². The molecule has 0 spiro atoms. The molecule has 2 aromatic carbocycles. The van der Waals surface area contributed by atoms with Gasteiger partial charge in [-0.1, -0.05) is 18.2 Å². The molecule has 0 fully saturated rings. The predicted octanol–water partition coefficient (Wildman–Crippen LogP) is 3.04. The lowest BCUT2D eigenvalue weighted by atomic mass is 10.0. The summed E-state index contributed by atoms with van der Waals surface area (Å²) in [5.41, 5.74) is -0.0171. The van der Waals surface area contributed by atoms with Gasteiger partial charge in [0.25, 0.3) is 0 Å². The van der Waals surface area contributed by atoms with Crippen molar-refractivity contribution < 1.29 is 17.2 Å². The zero-order valence-electron chi connectivity index (χ0n) is 9.52. The van der Waals surface area contributed by atoms with Crippen LogP contribution < -0.4 is 0 Å². The Balaban J connectivity index is 2.66. The van der Waals surface area contributed by atoms with Crippen LogP contribution in [0.15, 0.2) is 47.4 Å². The van der Waals surface area contributed by atoms with E-state index in [-0.39, 0.29) is 16.0 Å². The van der Waals surface area contributed by atoms with Gasteiger partial charge in [0.15, 0.2) is 9.84 Å². The van der Waals surface area contributed by atoms with Gasteiger partial charge in [-0.2, -0.15) is 0 Å². The average molecular weight is 268 g/mol. The first-order valence-corrected chi connectivity index (χ1v) is 7.03. The standard InChI is InChI=1S/C13H10F2O2S/c1-18(16,17)10-5-2-4-9(8-10)13-11(14)6-3-7-12(13)15/h2-8H,1H3. The summed E-state index contributed by atoms with van der Waals surface area (Å²) in [5, 5.41) is 0. The van der Waals surface area contributed by atoms with Gasteiger partial charge in [-0.25, -0.2) is 17.2 Å². The van der Waals surface area contributed by atoms with E-state index in [1.165, 1.54) is 30.3 Å². The smallest absolute Gasteiger partial charge is 0.175 e. The minimum Gasteiger partial charge on any atom is -0.224 e. The Morgan fingerprint density at radius 1 is 0.944 bits per heavy atom. The van der Waals surface area contributed by atoms with E-state index in [1.54, 1.807) is 0 Å². The van der Waals surface area contributed by atoms with Gasteiger partial charge in [0.05, 0.1) is 10.5 Å². The van der Waals surface area contributed by atoms with E-state index < -0.39 is 21.5 Å². The molecule has 0 radical (unpaired) electrons. The Kier molecular flexibility index (Phi) is 3.17. The lowest BCUT2D eigenvalue weighted by Gasteiger charge is -2.06. The summed E-state index contributed by atoms with van der Waals surface area (Å²) in [6.45, 7) is 0. The van der Waals surface area contributed by atoms with E-state index in [0.717, 1.165) is 18.4 Å². The van der Waals surface area contributed by atoms with Crippen molar-refractivity contribution in [2.45, 2.75) is 4.90 Å². The molecule has 0 atom stereocenters. The number of sulfone groups is 1. The molecular weight excluding hydrogens is 258 g/mol. The maximum atomic E-state index is 13.6. The monoisotopic (exact) mass is 268 g/mol. The molecular formula is C13H10F2O2S. The molecule has 0 bridgehead atoms. The van der Waals surface area contributed by atoms with E-state index in [4.69, 9.17) is 0 Å². The van der Waals surface area contributed by atoms with Crippen LogP contribution in [0, 0.1) is 11.6 Å². The molecule has 94 valence electrons. The van der Waals surface area contributed by atoms with Gasteiger partial charge in [0.2, 0.25) is 0 Å². The fourth-order valence-electron chi connectivity index (χ4n) is 1.66. The molecule has 0 saturated heterocycles. The second-order valence-corrected chi connectivity index (χ2v) is 5.91. The van der Waals surface area contributed by atoms with E-state index in [0.29, 0.717) is 0 Å². The molecule has 2 rings (SSSR count). The summed E-state index contributed by atoms with van der Waals surface area (Å²) < 4.78 is 49.9. The molecule has 2 nitrogen and oxygen atoms in total. The molecule has 0 heterocycles. The number of benzene rings is 2. The van der Waals surface area contributed by atoms with Gasteiger partial charge in [-0.05, 0) is 29.8 Å². The molecule has 0 aliphatic carbocycles. The van der Waals surface area contributed by atoms with Gasteiger partial charge in [0.1, 0.15) is 11.6 Å². The lowest BCUT2D eigenvalue weighted by molar-refractivity contribution is 0.589. The van der Waals surface area contributed by atoms with Crippen molar-refractivity contribution in [3.8, 4) is 11.1 Å². The van der Waals surface area contributed by atoms with Crippen LogP contribution >= 0.6 is 0 Å². The minimum absolute atomic E-state index is 0.0302. The molecule has 5 heteroatoms. The van der Waals surface area contributed by atoms with Crippen LogP contribution in [0.5, 0.6) is 0 Å². The largest absolute Gasteiger partial charge is 0.224 e. The third-order valence-corrected chi connectivity index (χ3v) is 3.62.